The van der Waals surface area contributed by atoms with Gasteiger partial charge in [-0.15, -0.1) is 10.2 Å². The molecule has 2 heterocycles. The van der Waals surface area contributed by atoms with E-state index in [4.69, 9.17) is 9.47 Å². The van der Waals surface area contributed by atoms with Crippen LogP contribution in [0.3, 0.4) is 0 Å². The quantitative estimate of drug-likeness (QED) is 0.850. The molecule has 2 aromatic rings. The predicted molar refractivity (Wildman–Crippen MR) is 78.5 cm³/mol. The zero-order valence-electron chi connectivity index (χ0n) is 12.5. The number of rotatable bonds is 4. The number of benzene rings is 1. The Morgan fingerprint density at radius 1 is 1.14 bits per heavy atom. The van der Waals surface area contributed by atoms with Crippen LogP contribution in [-0.2, 0) is 19.5 Å². The van der Waals surface area contributed by atoms with E-state index in [1.165, 1.54) is 5.56 Å². The van der Waals surface area contributed by atoms with Crippen molar-refractivity contribution in [2.24, 2.45) is 0 Å². The minimum absolute atomic E-state index is 0.817. The van der Waals surface area contributed by atoms with Gasteiger partial charge in [0.25, 0.3) is 0 Å². The van der Waals surface area contributed by atoms with Gasteiger partial charge in [0, 0.05) is 44.2 Å². The number of hydrogen-bond acceptors (Lipinski definition) is 5. The molecule has 0 spiro atoms. The third-order valence-electron chi connectivity index (χ3n) is 3.89. The number of fused-ring (bicyclic) bond motifs is 1. The van der Waals surface area contributed by atoms with Gasteiger partial charge in [-0.1, -0.05) is 6.07 Å². The van der Waals surface area contributed by atoms with Crippen LogP contribution in [-0.4, -0.2) is 47.0 Å². The van der Waals surface area contributed by atoms with Crippen LogP contribution in [0, 0.1) is 0 Å². The summed E-state index contributed by atoms with van der Waals surface area (Å²) in [5, 5.41) is 8.12. The van der Waals surface area contributed by atoms with Gasteiger partial charge in [-0.25, -0.2) is 0 Å². The van der Waals surface area contributed by atoms with E-state index in [1.54, 1.807) is 14.2 Å². The maximum atomic E-state index is 5.47. The molecule has 1 aromatic heterocycles. The molecule has 21 heavy (non-hydrogen) atoms. The highest BCUT2D eigenvalue weighted by molar-refractivity contribution is 5.40. The molecule has 1 aliphatic heterocycles. The van der Waals surface area contributed by atoms with E-state index < -0.39 is 0 Å². The summed E-state index contributed by atoms with van der Waals surface area (Å²) in [7, 11) is 3.36. The SMILES string of the molecule is COc1ccc(CN2CCc3nncn3CC2)c(OC)c1. The molecule has 3 rings (SSSR count). The number of methoxy groups -OCH3 is 2. The highest BCUT2D eigenvalue weighted by atomic mass is 16.5. The van der Waals surface area contributed by atoms with Crippen molar-refractivity contribution in [2.75, 3.05) is 27.3 Å². The monoisotopic (exact) mass is 288 g/mol. The first-order valence-corrected chi connectivity index (χ1v) is 7.10. The minimum atomic E-state index is 0.817. The van der Waals surface area contributed by atoms with Crippen LogP contribution in [0.4, 0.5) is 0 Å². The van der Waals surface area contributed by atoms with Gasteiger partial charge in [0.05, 0.1) is 14.2 Å². The summed E-state index contributed by atoms with van der Waals surface area (Å²) >= 11 is 0. The van der Waals surface area contributed by atoms with Gasteiger partial charge in [0.15, 0.2) is 0 Å². The zero-order valence-corrected chi connectivity index (χ0v) is 12.5. The predicted octanol–water partition coefficient (Wildman–Crippen LogP) is 1.35. The standard InChI is InChI=1S/C15H20N4O2/c1-20-13-4-3-12(14(9-13)21-2)10-18-6-5-15-17-16-11-19(15)8-7-18/h3-4,9,11H,5-8,10H2,1-2H3. The summed E-state index contributed by atoms with van der Waals surface area (Å²) in [6, 6.07) is 5.98. The highest BCUT2D eigenvalue weighted by Crippen LogP contribution is 2.26. The summed E-state index contributed by atoms with van der Waals surface area (Å²) in [6.45, 7) is 3.76. The van der Waals surface area contributed by atoms with Gasteiger partial charge in [-0.2, -0.15) is 0 Å². The first-order valence-electron chi connectivity index (χ1n) is 7.10. The first kappa shape index (κ1) is 13.9. The molecule has 0 atom stereocenters. The molecule has 0 saturated heterocycles. The number of nitrogens with zero attached hydrogens (tertiary/aromatic N) is 4. The molecule has 6 heteroatoms. The van der Waals surface area contributed by atoms with Gasteiger partial charge in [0.2, 0.25) is 0 Å². The fourth-order valence-electron chi connectivity index (χ4n) is 2.66. The number of ether oxygens (including phenoxy) is 2. The summed E-state index contributed by atoms with van der Waals surface area (Å²) in [4.78, 5) is 2.42. The van der Waals surface area contributed by atoms with Crippen molar-refractivity contribution in [1.29, 1.82) is 0 Å². The van der Waals surface area contributed by atoms with Crippen molar-refractivity contribution in [1.82, 2.24) is 19.7 Å². The largest absolute Gasteiger partial charge is 0.497 e. The molecule has 0 amide bonds. The van der Waals surface area contributed by atoms with Crippen molar-refractivity contribution in [2.45, 2.75) is 19.5 Å². The average molecular weight is 288 g/mol. The van der Waals surface area contributed by atoms with E-state index >= 15 is 0 Å². The van der Waals surface area contributed by atoms with Crippen molar-refractivity contribution in [3.8, 4) is 11.5 Å². The molecule has 0 bridgehead atoms. The van der Waals surface area contributed by atoms with Crippen molar-refractivity contribution in [3.63, 3.8) is 0 Å². The molecule has 0 fully saturated rings. The molecular formula is C15H20N4O2. The van der Waals surface area contributed by atoms with Gasteiger partial charge in [-0.05, 0) is 6.07 Å². The lowest BCUT2D eigenvalue weighted by atomic mass is 10.1. The second-order valence-corrected chi connectivity index (χ2v) is 5.14. The van der Waals surface area contributed by atoms with Crippen LogP contribution in [0.15, 0.2) is 24.5 Å². The minimum Gasteiger partial charge on any atom is -0.497 e. The molecule has 112 valence electrons. The van der Waals surface area contributed by atoms with E-state index in [2.05, 4.69) is 25.7 Å². The Hall–Kier alpha value is -2.08. The van der Waals surface area contributed by atoms with Crippen LogP contribution in [0.5, 0.6) is 11.5 Å². The second kappa shape index (κ2) is 6.13. The number of aromatic nitrogens is 3. The van der Waals surface area contributed by atoms with Gasteiger partial charge < -0.3 is 14.0 Å². The topological polar surface area (TPSA) is 52.4 Å². The van der Waals surface area contributed by atoms with Gasteiger partial charge >= 0.3 is 0 Å². The van der Waals surface area contributed by atoms with Crippen LogP contribution in [0.25, 0.3) is 0 Å². The molecule has 0 N–H and O–H groups in total. The average Bonchev–Trinajstić information content (AvgIpc) is 2.89. The fraction of sp³-hybridized carbons (Fsp3) is 0.467. The lowest BCUT2D eigenvalue weighted by molar-refractivity contribution is 0.266. The van der Waals surface area contributed by atoms with Crippen molar-refractivity contribution < 1.29 is 9.47 Å². The summed E-state index contributed by atoms with van der Waals surface area (Å²) in [5.74, 6) is 2.76. The Morgan fingerprint density at radius 2 is 2.05 bits per heavy atom. The fourth-order valence-corrected chi connectivity index (χ4v) is 2.66. The normalized spacial score (nSPS) is 15.3. The third kappa shape index (κ3) is 3.00. The van der Waals surface area contributed by atoms with Gasteiger partial charge in [0.1, 0.15) is 23.7 Å². The molecule has 0 aliphatic carbocycles. The Bertz CT molecular complexity index is 589. The smallest absolute Gasteiger partial charge is 0.134 e. The van der Waals surface area contributed by atoms with E-state index in [9.17, 15) is 0 Å². The van der Waals surface area contributed by atoms with Crippen LogP contribution in [0.2, 0.25) is 0 Å². The lowest BCUT2D eigenvalue weighted by Crippen LogP contribution is -2.26. The third-order valence-corrected chi connectivity index (χ3v) is 3.89. The van der Waals surface area contributed by atoms with Crippen LogP contribution < -0.4 is 9.47 Å². The highest BCUT2D eigenvalue weighted by Gasteiger charge is 2.16. The van der Waals surface area contributed by atoms with Gasteiger partial charge in [-0.3, -0.25) is 4.90 Å². The summed E-state index contributed by atoms with van der Waals surface area (Å²) in [6.07, 6.45) is 2.74. The summed E-state index contributed by atoms with van der Waals surface area (Å²) < 4.78 is 12.8. The van der Waals surface area contributed by atoms with E-state index in [1.807, 2.05) is 18.5 Å². The van der Waals surface area contributed by atoms with E-state index in [-0.39, 0.29) is 0 Å². The molecule has 0 radical (unpaired) electrons. The molecular weight excluding hydrogens is 268 g/mol. The van der Waals surface area contributed by atoms with Crippen LogP contribution in [0.1, 0.15) is 11.4 Å². The lowest BCUT2D eigenvalue weighted by Gasteiger charge is -2.21. The second-order valence-electron chi connectivity index (χ2n) is 5.14. The Labute approximate surface area is 124 Å². The Kier molecular flexibility index (Phi) is 4.06. The first-order chi connectivity index (χ1) is 10.3. The maximum absolute atomic E-state index is 5.47. The van der Waals surface area contributed by atoms with Crippen molar-refractivity contribution >= 4 is 0 Å². The summed E-state index contributed by atoms with van der Waals surface area (Å²) in [5.41, 5.74) is 1.18. The van der Waals surface area contributed by atoms with E-state index in [0.29, 0.717) is 0 Å². The Morgan fingerprint density at radius 3 is 2.86 bits per heavy atom. The molecule has 1 aromatic carbocycles. The van der Waals surface area contributed by atoms with E-state index in [0.717, 1.165) is 49.9 Å². The molecule has 0 saturated carbocycles. The maximum Gasteiger partial charge on any atom is 0.134 e. The Balaban J connectivity index is 1.71. The zero-order chi connectivity index (χ0) is 14.7. The molecule has 0 unspecified atom stereocenters. The van der Waals surface area contributed by atoms with Crippen LogP contribution >= 0.6 is 0 Å². The molecule has 6 nitrogen and oxygen atoms in total. The molecule has 1 aliphatic rings. The number of hydrogen-bond donors (Lipinski definition) is 0. The van der Waals surface area contributed by atoms with Crippen molar-refractivity contribution in [3.05, 3.63) is 35.9 Å².